The van der Waals surface area contributed by atoms with Gasteiger partial charge in [-0.3, -0.25) is 0 Å². The van der Waals surface area contributed by atoms with E-state index >= 15 is 0 Å². The first-order valence-corrected chi connectivity index (χ1v) is 7.96. The number of hydrogen-bond donors (Lipinski definition) is 1. The van der Waals surface area contributed by atoms with Crippen molar-refractivity contribution in [3.8, 4) is 5.75 Å². The Hall–Kier alpha value is -0.380. The molecule has 0 bridgehead atoms. The first-order chi connectivity index (χ1) is 8.74. The van der Waals surface area contributed by atoms with Crippen LogP contribution in [0.1, 0.15) is 18.4 Å². The van der Waals surface area contributed by atoms with E-state index in [1.807, 2.05) is 0 Å². The average molecular weight is 286 g/mol. The van der Waals surface area contributed by atoms with Crippen molar-refractivity contribution < 1.29 is 4.74 Å². The first-order valence-electron chi connectivity index (χ1n) is 6.35. The second kappa shape index (κ2) is 6.69. The minimum Gasteiger partial charge on any atom is -0.494 e. The van der Waals surface area contributed by atoms with Gasteiger partial charge in [0.05, 0.1) is 17.0 Å². The molecule has 4 heteroatoms. The third-order valence-corrected chi connectivity index (χ3v) is 4.50. The summed E-state index contributed by atoms with van der Waals surface area (Å²) in [5.41, 5.74) is 1.33. The molecule has 0 aliphatic carbocycles. The summed E-state index contributed by atoms with van der Waals surface area (Å²) in [6.07, 6.45) is 5.71. The summed E-state index contributed by atoms with van der Waals surface area (Å²) >= 11 is 7.97. The molecule has 0 amide bonds. The van der Waals surface area contributed by atoms with Crippen molar-refractivity contribution in [1.29, 1.82) is 0 Å². The van der Waals surface area contributed by atoms with Crippen LogP contribution in [0.3, 0.4) is 0 Å². The highest BCUT2D eigenvalue weighted by molar-refractivity contribution is 7.98. The molecule has 2 rings (SSSR count). The predicted octanol–water partition coefficient (Wildman–Crippen LogP) is 3.61. The number of nitrogens with one attached hydrogen (secondary N) is 1. The van der Waals surface area contributed by atoms with Gasteiger partial charge in [-0.25, -0.2) is 0 Å². The van der Waals surface area contributed by atoms with Gasteiger partial charge in [0.15, 0.2) is 5.75 Å². The number of thioether (sulfide) groups is 1. The molecular formula is C14H20ClNOS. The van der Waals surface area contributed by atoms with Crippen molar-refractivity contribution in [3.05, 3.63) is 22.7 Å². The molecule has 0 radical (unpaired) electrons. The van der Waals surface area contributed by atoms with Crippen LogP contribution in [0.2, 0.25) is 5.02 Å². The van der Waals surface area contributed by atoms with E-state index in [2.05, 4.69) is 23.7 Å². The molecule has 0 spiro atoms. The molecule has 1 aromatic carbocycles. The van der Waals surface area contributed by atoms with Crippen molar-refractivity contribution in [2.24, 2.45) is 5.92 Å². The largest absolute Gasteiger partial charge is 0.494 e. The fourth-order valence-electron chi connectivity index (χ4n) is 2.51. The Labute approximate surface area is 118 Å². The fourth-order valence-corrected chi connectivity index (χ4v) is 3.53. The molecule has 0 unspecified atom stereocenters. The zero-order valence-corrected chi connectivity index (χ0v) is 12.5. The van der Waals surface area contributed by atoms with E-state index in [1.54, 1.807) is 18.9 Å². The molecule has 1 aliphatic heterocycles. The van der Waals surface area contributed by atoms with E-state index in [4.69, 9.17) is 16.3 Å². The zero-order valence-electron chi connectivity index (χ0n) is 11.0. The van der Waals surface area contributed by atoms with E-state index in [0.717, 1.165) is 41.1 Å². The maximum atomic E-state index is 6.28. The molecule has 1 aliphatic rings. The van der Waals surface area contributed by atoms with Crippen molar-refractivity contribution in [2.75, 3.05) is 26.5 Å². The van der Waals surface area contributed by atoms with Crippen molar-refractivity contribution in [3.63, 3.8) is 0 Å². The second-order valence-electron chi connectivity index (χ2n) is 4.71. The highest BCUT2D eigenvalue weighted by atomic mass is 35.5. The molecule has 1 heterocycles. The summed E-state index contributed by atoms with van der Waals surface area (Å²) in [5.74, 6) is 1.59. The van der Waals surface area contributed by atoms with Gasteiger partial charge in [0.2, 0.25) is 0 Å². The molecule has 1 saturated heterocycles. The molecule has 2 nitrogen and oxygen atoms in total. The quantitative estimate of drug-likeness (QED) is 0.854. The highest BCUT2D eigenvalue weighted by Gasteiger charge is 2.16. The van der Waals surface area contributed by atoms with Gasteiger partial charge in [-0.1, -0.05) is 11.6 Å². The van der Waals surface area contributed by atoms with Gasteiger partial charge in [0, 0.05) is 0 Å². The topological polar surface area (TPSA) is 21.3 Å². The number of benzene rings is 1. The lowest BCUT2D eigenvalue weighted by molar-refractivity contribution is 0.371. The molecule has 0 aromatic heterocycles. The van der Waals surface area contributed by atoms with E-state index in [-0.39, 0.29) is 0 Å². The van der Waals surface area contributed by atoms with Crippen LogP contribution < -0.4 is 10.1 Å². The van der Waals surface area contributed by atoms with Gasteiger partial charge >= 0.3 is 0 Å². The lowest BCUT2D eigenvalue weighted by atomic mass is 9.91. The lowest BCUT2D eigenvalue weighted by Gasteiger charge is -2.23. The van der Waals surface area contributed by atoms with Gasteiger partial charge in [0.1, 0.15) is 0 Å². The van der Waals surface area contributed by atoms with Crippen molar-refractivity contribution in [1.82, 2.24) is 5.32 Å². The average Bonchev–Trinajstić information content (AvgIpc) is 2.39. The monoisotopic (exact) mass is 285 g/mol. The van der Waals surface area contributed by atoms with E-state index in [9.17, 15) is 0 Å². The Balaban J connectivity index is 2.15. The Kier molecular flexibility index (Phi) is 5.22. The van der Waals surface area contributed by atoms with Crippen molar-refractivity contribution in [2.45, 2.75) is 24.2 Å². The molecule has 1 aromatic rings. The third kappa shape index (κ3) is 3.34. The van der Waals surface area contributed by atoms with Crippen molar-refractivity contribution >= 4 is 23.4 Å². The number of halogens is 1. The van der Waals surface area contributed by atoms with Crippen LogP contribution in [0.4, 0.5) is 0 Å². The van der Waals surface area contributed by atoms with Gasteiger partial charge in [0.25, 0.3) is 0 Å². The fraction of sp³-hybridized carbons (Fsp3) is 0.571. The number of methoxy groups -OCH3 is 1. The highest BCUT2D eigenvalue weighted by Crippen LogP contribution is 2.36. The van der Waals surface area contributed by atoms with Crippen LogP contribution in [-0.4, -0.2) is 26.5 Å². The lowest BCUT2D eigenvalue weighted by Crippen LogP contribution is -2.28. The number of ether oxygens (including phenoxy) is 1. The predicted molar refractivity (Wildman–Crippen MR) is 79.1 cm³/mol. The van der Waals surface area contributed by atoms with E-state index < -0.39 is 0 Å². The molecule has 0 saturated carbocycles. The minimum absolute atomic E-state index is 0.730. The summed E-state index contributed by atoms with van der Waals surface area (Å²) in [6.45, 7) is 2.29. The van der Waals surface area contributed by atoms with Gasteiger partial charge < -0.3 is 10.1 Å². The standard InChI is InChI=1S/C14H20ClNOS/c1-17-14-12(15)8-11(9-13(14)18-2)7-10-3-5-16-6-4-10/h8-10,16H,3-7H2,1-2H3. The van der Waals surface area contributed by atoms with E-state index in [0.29, 0.717) is 0 Å². The van der Waals surface area contributed by atoms with Crippen LogP contribution in [0.5, 0.6) is 5.75 Å². The van der Waals surface area contributed by atoms with Crippen LogP contribution >= 0.6 is 23.4 Å². The molecule has 0 atom stereocenters. The zero-order chi connectivity index (χ0) is 13.0. The molecular weight excluding hydrogens is 266 g/mol. The molecule has 1 fully saturated rings. The molecule has 18 heavy (non-hydrogen) atoms. The molecule has 1 N–H and O–H groups in total. The summed E-state index contributed by atoms with van der Waals surface area (Å²) in [6, 6.07) is 4.28. The maximum absolute atomic E-state index is 6.28. The Morgan fingerprint density at radius 2 is 2.11 bits per heavy atom. The molecule has 100 valence electrons. The number of piperidine rings is 1. The van der Waals surface area contributed by atoms with Crippen LogP contribution in [-0.2, 0) is 6.42 Å². The Morgan fingerprint density at radius 1 is 1.39 bits per heavy atom. The number of hydrogen-bond acceptors (Lipinski definition) is 3. The van der Waals surface area contributed by atoms with E-state index in [1.165, 1.54) is 18.4 Å². The van der Waals surface area contributed by atoms with Gasteiger partial charge in [-0.2, -0.15) is 0 Å². The smallest absolute Gasteiger partial charge is 0.150 e. The minimum atomic E-state index is 0.730. The Morgan fingerprint density at radius 3 is 2.72 bits per heavy atom. The van der Waals surface area contributed by atoms with Crippen LogP contribution in [0.15, 0.2) is 17.0 Å². The van der Waals surface area contributed by atoms with Gasteiger partial charge in [-0.05, 0) is 62.2 Å². The number of rotatable bonds is 4. The first kappa shape index (κ1) is 14.0. The Bertz CT molecular complexity index is 405. The summed E-state index contributed by atoms with van der Waals surface area (Å²) in [4.78, 5) is 1.13. The third-order valence-electron chi connectivity index (χ3n) is 3.48. The SMILES string of the molecule is COc1c(Cl)cc(CC2CCNCC2)cc1SC. The van der Waals surface area contributed by atoms with Crippen LogP contribution in [0.25, 0.3) is 0 Å². The van der Waals surface area contributed by atoms with Crippen LogP contribution in [0, 0.1) is 5.92 Å². The van der Waals surface area contributed by atoms with Gasteiger partial charge in [-0.15, -0.1) is 11.8 Å². The summed E-state index contributed by atoms with van der Waals surface area (Å²) in [7, 11) is 1.67. The summed E-state index contributed by atoms with van der Waals surface area (Å²) in [5, 5.41) is 4.13. The maximum Gasteiger partial charge on any atom is 0.150 e. The summed E-state index contributed by atoms with van der Waals surface area (Å²) < 4.78 is 5.35. The second-order valence-corrected chi connectivity index (χ2v) is 5.97. The normalized spacial score (nSPS) is 16.8.